The second-order valence-corrected chi connectivity index (χ2v) is 4.36. The van der Waals surface area contributed by atoms with Gasteiger partial charge in [0.25, 0.3) is 0 Å². The van der Waals surface area contributed by atoms with Crippen LogP contribution in [0.4, 0.5) is 0 Å². The average molecular weight is 156 g/mol. The summed E-state index contributed by atoms with van der Waals surface area (Å²) in [5, 5.41) is 9.48. The van der Waals surface area contributed by atoms with Crippen LogP contribution in [0.3, 0.4) is 0 Å². The van der Waals surface area contributed by atoms with Crippen molar-refractivity contribution in [2.75, 3.05) is 0 Å². The van der Waals surface area contributed by atoms with E-state index in [2.05, 4.69) is 20.8 Å². The Hall–Kier alpha value is -0.0400. The van der Waals surface area contributed by atoms with Crippen LogP contribution in [0.25, 0.3) is 0 Å². The zero-order valence-electron chi connectivity index (χ0n) is 7.88. The van der Waals surface area contributed by atoms with Crippen molar-refractivity contribution >= 4 is 0 Å². The van der Waals surface area contributed by atoms with Crippen molar-refractivity contribution in [2.24, 2.45) is 17.8 Å². The molecule has 0 bridgehead atoms. The Morgan fingerprint density at radius 2 is 1.91 bits per heavy atom. The van der Waals surface area contributed by atoms with E-state index in [0.717, 1.165) is 18.3 Å². The maximum Gasteiger partial charge on any atom is 0.0566 e. The van der Waals surface area contributed by atoms with E-state index in [0.29, 0.717) is 5.92 Å². The van der Waals surface area contributed by atoms with Gasteiger partial charge in [0, 0.05) is 0 Å². The second kappa shape index (κ2) is 3.57. The highest BCUT2D eigenvalue weighted by Gasteiger charge is 2.27. The first-order chi connectivity index (χ1) is 5.11. The number of aliphatic hydroxyl groups is 1. The Morgan fingerprint density at radius 1 is 1.27 bits per heavy atom. The molecule has 0 radical (unpaired) electrons. The van der Waals surface area contributed by atoms with Crippen LogP contribution in [0, 0.1) is 17.8 Å². The number of hydrogen-bond acceptors (Lipinski definition) is 1. The van der Waals surface area contributed by atoms with Crippen molar-refractivity contribution in [3.8, 4) is 0 Å². The molecule has 1 aliphatic rings. The summed E-state index contributed by atoms with van der Waals surface area (Å²) in [4.78, 5) is 0. The van der Waals surface area contributed by atoms with Crippen molar-refractivity contribution in [3.63, 3.8) is 0 Å². The molecule has 11 heavy (non-hydrogen) atoms. The predicted molar refractivity (Wildman–Crippen MR) is 47.3 cm³/mol. The molecule has 1 rings (SSSR count). The standard InChI is InChI=1S/C10H20O/c1-7(2)9-4-5-10(11)8(3)6-9/h7-11H,4-6H2,1-3H3/t8-,9-,10+/m1/s1. The normalized spacial score (nSPS) is 39.5. The summed E-state index contributed by atoms with van der Waals surface area (Å²) in [6, 6.07) is 0. The van der Waals surface area contributed by atoms with Gasteiger partial charge in [-0.25, -0.2) is 0 Å². The molecule has 1 fully saturated rings. The van der Waals surface area contributed by atoms with E-state index in [9.17, 15) is 5.11 Å². The predicted octanol–water partition coefficient (Wildman–Crippen LogP) is 2.44. The molecule has 0 amide bonds. The lowest BCUT2D eigenvalue weighted by atomic mass is 9.75. The molecule has 66 valence electrons. The van der Waals surface area contributed by atoms with Crippen LogP contribution in [0.15, 0.2) is 0 Å². The van der Waals surface area contributed by atoms with Crippen molar-refractivity contribution in [2.45, 2.75) is 46.1 Å². The van der Waals surface area contributed by atoms with Gasteiger partial charge in [-0.1, -0.05) is 20.8 Å². The summed E-state index contributed by atoms with van der Waals surface area (Å²) in [6.07, 6.45) is 3.44. The first kappa shape index (κ1) is 9.05. The summed E-state index contributed by atoms with van der Waals surface area (Å²) in [5.74, 6) is 2.18. The van der Waals surface area contributed by atoms with Crippen LogP contribution in [0.5, 0.6) is 0 Å². The Balaban J connectivity index is 2.40. The lowest BCUT2D eigenvalue weighted by Crippen LogP contribution is -2.29. The zero-order valence-corrected chi connectivity index (χ0v) is 7.88. The van der Waals surface area contributed by atoms with Crippen molar-refractivity contribution in [1.82, 2.24) is 0 Å². The molecule has 0 aromatic heterocycles. The molecular weight excluding hydrogens is 136 g/mol. The third kappa shape index (κ3) is 2.19. The number of hydrogen-bond donors (Lipinski definition) is 1. The van der Waals surface area contributed by atoms with E-state index < -0.39 is 0 Å². The highest BCUT2D eigenvalue weighted by atomic mass is 16.3. The molecule has 0 aromatic carbocycles. The molecule has 1 saturated carbocycles. The summed E-state index contributed by atoms with van der Waals surface area (Å²) in [5.41, 5.74) is 0. The average Bonchev–Trinajstić information content (AvgIpc) is 1.94. The van der Waals surface area contributed by atoms with Gasteiger partial charge in [-0.3, -0.25) is 0 Å². The van der Waals surface area contributed by atoms with Crippen molar-refractivity contribution < 1.29 is 5.11 Å². The maximum absolute atomic E-state index is 9.48. The SMILES string of the molecule is CC(C)[C@@H]1CC[C@H](O)[C@H](C)C1. The van der Waals surface area contributed by atoms with Crippen molar-refractivity contribution in [1.29, 1.82) is 0 Å². The van der Waals surface area contributed by atoms with Crippen LogP contribution in [-0.2, 0) is 0 Å². The summed E-state index contributed by atoms with van der Waals surface area (Å²) in [7, 11) is 0. The monoisotopic (exact) mass is 156 g/mol. The van der Waals surface area contributed by atoms with Gasteiger partial charge in [-0.05, 0) is 37.0 Å². The van der Waals surface area contributed by atoms with E-state index in [4.69, 9.17) is 0 Å². The quantitative estimate of drug-likeness (QED) is 0.618. The fraction of sp³-hybridized carbons (Fsp3) is 1.00. The molecule has 1 heteroatoms. The van der Waals surface area contributed by atoms with Crippen LogP contribution in [0.2, 0.25) is 0 Å². The molecule has 1 aliphatic carbocycles. The van der Waals surface area contributed by atoms with Gasteiger partial charge < -0.3 is 5.11 Å². The minimum absolute atomic E-state index is 0.0231. The van der Waals surface area contributed by atoms with Crippen LogP contribution in [0.1, 0.15) is 40.0 Å². The molecular formula is C10H20O. The number of aliphatic hydroxyl groups excluding tert-OH is 1. The largest absolute Gasteiger partial charge is 0.393 e. The fourth-order valence-corrected chi connectivity index (χ4v) is 2.03. The summed E-state index contributed by atoms with van der Waals surface area (Å²) >= 11 is 0. The van der Waals surface area contributed by atoms with E-state index >= 15 is 0 Å². The molecule has 1 N–H and O–H groups in total. The molecule has 0 aliphatic heterocycles. The van der Waals surface area contributed by atoms with Gasteiger partial charge in [0.05, 0.1) is 6.10 Å². The smallest absolute Gasteiger partial charge is 0.0566 e. The van der Waals surface area contributed by atoms with Crippen molar-refractivity contribution in [3.05, 3.63) is 0 Å². The lowest BCUT2D eigenvalue weighted by molar-refractivity contribution is 0.0465. The molecule has 0 saturated heterocycles. The molecule has 0 aromatic rings. The highest BCUT2D eigenvalue weighted by molar-refractivity contribution is 4.78. The Bertz CT molecular complexity index is 120. The maximum atomic E-state index is 9.48. The first-order valence-corrected chi connectivity index (χ1v) is 4.79. The minimum atomic E-state index is -0.0231. The zero-order chi connectivity index (χ0) is 8.43. The minimum Gasteiger partial charge on any atom is -0.393 e. The van der Waals surface area contributed by atoms with E-state index in [1.54, 1.807) is 0 Å². The van der Waals surface area contributed by atoms with E-state index in [1.807, 2.05) is 0 Å². The summed E-state index contributed by atoms with van der Waals surface area (Å²) < 4.78 is 0. The van der Waals surface area contributed by atoms with Crippen LogP contribution < -0.4 is 0 Å². The Labute approximate surface area is 69.8 Å². The van der Waals surface area contributed by atoms with E-state index in [-0.39, 0.29) is 6.10 Å². The molecule has 0 heterocycles. The van der Waals surface area contributed by atoms with Crippen LogP contribution in [-0.4, -0.2) is 11.2 Å². The molecule has 1 nitrogen and oxygen atoms in total. The topological polar surface area (TPSA) is 20.2 Å². The Morgan fingerprint density at radius 3 is 2.36 bits per heavy atom. The summed E-state index contributed by atoms with van der Waals surface area (Å²) in [6.45, 7) is 6.74. The first-order valence-electron chi connectivity index (χ1n) is 4.79. The van der Waals surface area contributed by atoms with Gasteiger partial charge in [0.15, 0.2) is 0 Å². The Kier molecular flexibility index (Phi) is 2.94. The van der Waals surface area contributed by atoms with Gasteiger partial charge >= 0.3 is 0 Å². The van der Waals surface area contributed by atoms with Gasteiger partial charge in [-0.2, -0.15) is 0 Å². The highest BCUT2D eigenvalue weighted by Crippen LogP contribution is 2.33. The third-order valence-electron chi connectivity index (χ3n) is 3.11. The molecule has 0 spiro atoms. The second-order valence-electron chi connectivity index (χ2n) is 4.36. The van der Waals surface area contributed by atoms with Crippen LogP contribution >= 0.6 is 0 Å². The van der Waals surface area contributed by atoms with Gasteiger partial charge in [-0.15, -0.1) is 0 Å². The van der Waals surface area contributed by atoms with Gasteiger partial charge in [0.2, 0.25) is 0 Å². The fourth-order valence-electron chi connectivity index (χ4n) is 2.03. The lowest BCUT2D eigenvalue weighted by Gasteiger charge is -2.33. The number of rotatable bonds is 1. The molecule has 3 atom stereocenters. The van der Waals surface area contributed by atoms with E-state index in [1.165, 1.54) is 12.8 Å². The molecule has 0 unspecified atom stereocenters. The third-order valence-corrected chi connectivity index (χ3v) is 3.11. The van der Waals surface area contributed by atoms with Gasteiger partial charge in [0.1, 0.15) is 0 Å².